The van der Waals surface area contributed by atoms with Gasteiger partial charge in [-0.1, -0.05) is 30.3 Å². The van der Waals surface area contributed by atoms with Gasteiger partial charge in [-0.15, -0.1) is 0 Å². The molecule has 0 spiro atoms. The fourth-order valence-corrected chi connectivity index (χ4v) is 5.34. The van der Waals surface area contributed by atoms with E-state index in [9.17, 15) is 18.0 Å². The number of piperidine rings is 1. The van der Waals surface area contributed by atoms with Crippen LogP contribution in [0.3, 0.4) is 0 Å². The summed E-state index contributed by atoms with van der Waals surface area (Å²) in [7, 11) is 0. The van der Waals surface area contributed by atoms with Crippen LogP contribution in [0.5, 0.6) is 5.75 Å². The quantitative estimate of drug-likeness (QED) is 0.373. The van der Waals surface area contributed by atoms with E-state index in [4.69, 9.17) is 4.74 Å². The summed E-state index contributed by atoms with van der Waals surface area (Å²) in [6.45, 7) is 6.63. The highest BCUT2D eigenvalue weighted by molar-refractivity contribution is 5.94. The number of piperazine rings is 1. The van der Waals surface area contributed by atoms with Crippen LogP contribution >= 0.6 is 0 Å². The van der Waals surface area contributed by atoms with Crippen LogP contribution in [0.4, 0.5) is 18.9 Å². The molecule has 5 rings (SSSR count). The van der Waals surface area contributed by atoms with Crippen LogP contribution in [0.1, 0.15) is 34.3 Å². The van der Waals surface area contributed by atoms with Gasteiger partial charge in [-0.2, -0.15) is 13.2 Å². The van der Waals surface area contributed by atoms with E-state index < -0.39 is 11.7 Å². The van der Waals surface area contributed by atoms with Gasteiger partial charge in [0.05, 0.1) is 12.2 Å². The lowest BCUT2D eigenvalue weighted by Crippen LogP contribution is -2.45. The number of alkyl halides is 3. The maximum atomic E-state index is 12.9. The maximum Gasteiger partial charge on any atom is 0.416 e. The number of carbonyl (C=O) groups excluding carboxylic acids is 1. The molecule has 5 nitrogen and oxygen atoms in total. The van der Waals surface area contributed by atoms with Crippen molar-refractivity contribution in [2.24, 2.45) is 5.92 Å². The van der Waals surface area contributed by atoms with Crippen molar-refractivity contribution in [1.82, 2.24) is 9.80 Å². The summed E-state index contributed by atoms with van der Waals surface area (Å²) in [5, 5.41) is 0. The van der Waals surface area contributed by atoms with Gasteiger partial charge in [0.2, 0.25) is 0 Å². The predicted octanol–water partition coefficient (Wildman–Crippen LogP) is 5.96. The second-order valence-electron chi connectivity index (χ2n) is 10.4. The van der Waals surface area contributed by atoms with Crippen LogP contribution in [-0.2, 0) is 12.7 Å². The summed E-state index contributed by atoms with van der Waals surface area (Å²) in [4.78, 5) is 19.5. The molecule has 1 atom stereocenters. The zero-order valence-corrected chi connectivity index (χ0v) is 21.9. The molecular weight excluding hydrogens is 503 g/mol. The Kier molecular flexibility index (Phi) is 8.41. The zero-order chi connectivity index (χ0) is 27.2. The third-order valence-electron chi connectivity index (χ3n) is 7.57. The molecule has 1 amide bonds. The molecule has 0 saturated carbocycles. The van der Waals surface area contributed by atoms with Gasteiger partial charge in [0.25, 0.3) is 5.91 Å². The molecule has 3 aromatic carbocycles. The highest BCUT2D eigenvalue weighted by atomic mass is 19.4. The first-order valence-corrected chi connectivity index (χ1v) is 13.6. The fourth-order valence-electron chi connectivity index (χ4n) is 5.34. The number of halogens is 3. The standard InChI is InChI=1S/C31H34F3N3O2/c32-31(33,34)27-12-10-26(11-13-27)30(38)37-16-4-5-25(22-37)23-39-29-14-8-24(9-15-29)21-35-17-19-36(20-18-35)28-6-2-1-3-7-28/h1-3,6-15,25H,4-5,16-23H2. The first-order valence-electron chi connectivity index (χ1n) is 13.6. The van der Waals surface area contributed by atoms with Gasteiger partial charge in [0, 0.05) is 63.0 Å². The van der Waals surface area contributed by atoms with E-state index in [0.29, 0.717) is 19.7 Å². The van der Waals surface area contributed by atoms with Crippen molar-refractivity contribution < 1.29 is 22.7 Å². The predicted molar refractivity (Wildman–Crippen MR) is 146 cm³/mol. The highest BCUT2D eigenvalue weighted by Crippen LogP contribution is 2.29. The number of hydrogen-bond acceptors (Lipinski definition) is 4. The summed E-state index contributed by atoms with van der Waals surface area (Å²) < 4.78 is 44.6. The minimum absolute atomic E-state index is 0.178. The Morgan fingerprint density at radius 1 is 0.846 bits per heavy atom. The van der Waals surface area contributed by atoms with E-state index in [1.165, 1.54) is 23.4 Å². The summed E-state index contributed by atoms with van der Waals surface area (Å²) in [5.41, 5.74) is 2.06. The SMILES string of the molecule is O=C(c1ccc(C(F)(F)F)cc1)N1CCCC(COc2ccc(CN3CCN(c4ccccc4)CC3)cc2)C1. The van der Waals surface area contributed by atoms with E-state index in [-0.39, 0.29) is 17.4 Å². The molecule has 0 bridgehead atoms. The zero-order valence-electron chi connectivity index (χ0n) is 21.9. The minimum Gasteiger partial charge on any atom is -0.493 e. The number of para-hydroxylation sites is 1. The lowest BCUT2D eigenvalue weighted by atomic mass is 9.98. The largest absolute Gasteiger partial charge is 0.493 e. The fraction of sp³-hybridized carbons (Fsp3) is 0.387. The Bertz CT molecular complexity index is 1210. The van der Waals surface area contributed by atoms with E-state index in [1.54, 1.807) is 4.90 Å². The van der Waals surface area contributed by atoms with Crippen molar-refractivity contribution in [3.05, 3.63) is 95.6 Å². The minimum atomic E-state index is -4.41. The molecule has 39 heavy (non-hydrogen) atoms. The van der Waals surface area contributed by atoms with E-state index in [1.807, 2.05) is 18.2 Å². The molecule has 0 aliphatic carbocycles. The van der Waals surface area contributed by atoms with Crippen molar-refractivity contribution in [3.8, 4) is 5.75 Å². The summed E-state index contributed by atoms with van der Waals surface area (Å²) in [6.07, 6.45) is -2.62. The molecule has 3 aromatic rings. The van der Waals surface area contributed by atoms with Gasteiger partial charge in [-0.25, -0.2) is 0 Å². The number of carbonyl (C=O) groups is 1. The molecule has 2 aliphatic rings. The Labute approximate surface area is 227 Å². The monoisotopic (exact) mass is 537 g/mol. The van der Waals surface area contributed by atoms with Crippen LogP contribution in [0, 0.1) is 5.92 Å². The molecule has 206 valence electrons. The van der Waals surface area contributed by atoms with Crippen molar-refractivity contribution >= 4 is 11.6 Å². The topological polar surface area (TPSA) is 36.0 Å². The number of rotatable bonds is 7. The Morgan fingerprint density at radius 3 is 2.21 bits per heavy atom. The average Bonchev–Trinajstić information content (AvgIpc) is 2.97. The number of benzene rings is 3. The summed E-state index contributed by atoms with van der Waals surface area (Å²) in [6, 6.07) is 23.2. The Morgan fingerprint density at radius 2 is 1.54 bits per heavy atom. The van der Waals surface area contributed by atoms with Gasteiger partial charge in [-0.05, 0) is 66.9 Å². The number of likely N-dealkylation sites (tertiary alicyclic amines) is 1. The summed E-state index contributed by atoms with van der Waals surface area (Å²) >= 11 is 0. The van der Waals surface area contributed by atoms with Crippen LogP contribution in [0.25, 0.3) is 0 Å². The van der Waals surface area contributed by atoms with Gasteiger partial charge >= 0.3 is 6.18 Å². The van der Waals surface area contributed by atoms with Crippen molar-refractivity contribution in [2.75, 3.05) is 50.8 Å². The molecule has 2 aliphatic heterocycles. The number of anilines is 1. The van der Waals surface area contributed by atoms with Crippen LogP contribution in [0.2, 0.25) is 0 Å². The van der Waals surface area contributed by atoms with Crippen LogP contribution in [-0.4, -0.2) is 61.6 Å². The summed E-state index contributed by atoms with van der Waals surface area (Å²) in [5.74, 6) is 0.749. The second kappa shape index (κ2) is 12.1. The van der Waals surface area contributed by atoms with Gasteiger partial charge in [0.1, 0.15) is 5.75 Å². The van der Waals surface area contributed by atoms with E-state index in [0.717, 1.165) is 63.4 Å². The van der Waals surface area contributed by atoms with Crippen molar-refractivity contribution in [1.29, 1.82) is 0 Å². The number of hydrogen-bond donors (Lipinski definition) is 0. The lowest BCUT2D eigenvalue weighted by Gasteiger charge is -2.36. The normalized spacial score (nSPS) is 18.7. The Hall–Kier alpha value is -3.52. The average molecular weight is 538 g/mol. The smallest absolute Gasteiger partial charge is 0.416 e. The maximum absolute atomic E-state index is 12.9. The molecule has 2 heterocycles. The van der Waals surface area contributed by atoms with Crippen molar-refractivity contribution in [3.63, 3.8) is 0 Å². The molecule has 1 unspecified atom stereocenters. The number of amides is 1. The molecule has 0 N–H and O–H groups in total. The van der Waals surface area contributed by atoms with Crippen LogP contribution in [0.15, 0.2) is 78.9 Å². The van der Waals surface area contributed by atoms with Gasteiger partial charge in [-0.3, -0.25) is 9.69 Å². The van der Waals surface area contributed by atoms with Crippen molar-refractivity contribution in [2.45, 2.75) is 25.6 Å². The second-order valence-corrected chi connectivity index (χ2v) is 10.4. The van der Waals surface area contributed by atoms with Crippen LogP contribution < -0.4 is 9.64 Å². The first kappa shape index (κ1) is 27.1. The van der Waals surface area contributed by atoms with Gasteiger partial charge in [0.15, 0.2) is 0 Å². The molecule has 8 heteroatoms. The third-order valence-corrected chi connectivity index (χ3v) is 7.57. The molecule has 0 aromatic heterocycles. The van der Waals surface area contributed by atoms with Gasteiger partial charge < -0.3 is 14.5 Å². The van der Waals surface area contributed by atoms with E-state index in [2.05, 4.69) is 46.2 Å². The first-order chi connectivity index (χ1) is 18.8. The number of ether oxygens (including phenoxy) is 1. The molecular formula is C31H34F3N3O2. The number of nitrogens with zero attached hydrogens (tertiary/aromatic N) is 3. The Balaban J connectivity index is 1.07. The molecule has 2 saturated heterocycles. The van der Waals surface area contributed by atoms with E-state index >= 15 is 0 Å². The lowest BCUT2D eigenvalue weighted by molar-refractivity contribution is -0.137. The third kappa shape index (κ3) is 7.12. The highest BCUT2D eigenvalue weighted by Gasteiger charge is 2.31. The molecule has 0 radical (unpaired) electrons. The molecule has 2 fully saturated rings.